The Balaban J connectivity index is 1.93. The number of anilines is 1. The maximum absolute atomic E-state index is 13.7. The number of nitrogens with zero attached hydrogens (tertiary/aromatic N) is 3. The largest absolute Gasteiger partial charge is 0.465 e. The van der Waals surface area contributed by atoms with Gasteiger partial charge in [-0.15, -0.1) is 0 Å². The second-order valence-electron chi connectivity index (χ2n) is 7.69. The molecule has 162 valence electrons. The smallest absolute Gasteiger partial charge is 0.321 e. The minimum absolute atomic E-state index is 0.213. The molecule has 0 saturated carbocycles. The Morgan fingerprint density at radius 3 is 2.58 bits per heavy atom. The van der Waals surface area contributed by atoms with Crippen LogP contribution in [-0.4, -0.2) is 48.3 Å². The quantitative estimate of drug-likeness (QED) is 0.332. The number of amides is 1. The molecule has 0 radical (unpaired) electrons. The SMILES string of the molecule is CCOC(=O)[C@@H]1C(=O)N(CCCOC)c2nc3ccccc3n2[C@@H]1c1ccc(C)cc1. The molecular formula is C24H27N3O4. The molecule has 1 amide bonds. The van der Waals surface area contributed by atoms with Crippen LogP contribution in [0.2, 0.25) is 0 Å². The molecule has 1 aliphatic heterocycles. The number of esters is 1. The van der Waals surface area contributed by atoms with Gasteiger partial charge >= 0.3 is 5.97 Å². The van der Waals surface area contributed by atoms with E-state index >= 15 is 0 Å². The molecule has 0 spiro atoms. The molecule has 4 rings (SSSR count). The van der Waals surface area contributed by atoms with Crippen LogP contribution in [-0.2, 0) is 19.1 Å². The highest BCUT2D eigenvalue weighted by Crippen LogP contribution is 2.41. The lowest BCUT2D eigenvalue weighted by Gasteiger charge is -2.38. The van der Waals surface area contributed by atoms with Crippen molar-refractivity contribution in [2.45, 2.75) is 26.3 Å². The Morgan fingerprint density at radius 1 is 1.13 bits per heavy atom. The molecule has 2 aromatic carbocycles. The highest BCUT2D eigenvalue weighted by Gasteiger charge is 2.47. The molecule has 1 aliphatic rings. The fourth-order valence-corrected chi connectivity index (χ4v) is 4.19. The number of fused-ring (bicyclic) bond motifs is 3. The number of aromatic nitrogens is 2. The zero-order valence-corrected chi connectivity index (χ0v) is 18.1. The summed E-state index contributed by atoms with van der Waals surface area (Å²) in [6.07, 6.45) is 0.635. The predicted octanol–water partition coefficient (Wildman–Crippen LogP) is 3.50. The number of para-hydroxylation sites is 2. The van der Waals surface area contributed by atoms with Crippen molar-refractivity contribution in [3.63, 3.8) is 0 Å². The molecule has 2 heterocycles. The van der Waals surface area contributed by atoms with Crippen LogP contribution in [0, 0.1) is 12.8 Å². The minimum atomic E-state index is -0.990. The number of imidazole rings is 1. The summed E-state index contributed by atoms with van der Waals surface area (Å²) < 4.78 is 12.5. The van der Waals surface area contributed by atoms with Gasteiger partial charge in [0.05, 0.1) is 23.7 Å². The fourth-order valence-electron chi connectivity index (χ4n) is 4.19. The lowest BCUT2D eigenvalue weighted by atomic mass is 9.89. The van der Waals surface area contributed by atoms with Crippen LogP contribution >= 0.6 is 0 Å². The van der Waals surface area contributed by atoms with Crippen molar-refractivity contribution >= 4 is 28.9 Å². The maximum atomic E-state index is 13.7. The van der Waals surface area contributed by atoms with E-state index in [1.165, 1.54) is 0 Å². The zero-order chi connectivity index (χ0) is 22.0. The molecule has 0 unspecified atom stereocenters. The van der Waals surface area contributed by atoms with E-state index in [2.05, 4.69) is 0 Å². The Morgan fingerprint density at radius 2 is 1.87 bits per heavy atom. The van der Waals surface area contributed by atoms with Gasteiger partial charge in [-0.2, -0.15) is 0 Å². The van der Waals surface area contributed by atoms with Crippen LogP contribution < -0.4 is 4.90 Å². The molecule has 3 aromatic rings. The molecule has 0 fully saturated rings. The molecule has 0 aliphatic carbocycles. The first-order chi connectivity index (χ1) is 15.1. The molecule has 31 heavy (non-hydrogen) atoms. The second kappa shape index (κ2) is 8.89. The van der Waals surface area contributed by atoms with Crippen molar-refractivity contribution in [1.29, 1.82) is 0 Å². The Labute approximate surface area is 181 Å². The Kier molecular flexibility index (Phi) is 6.04. The van der Waals surface area contributed by atoms with Gasteiger partial charge in [-0.25, -0.2) is 4.98 Å². The van der Waals surface area contributed by atoms with Crippen LogP contribution in [0.15, 0.2) is 48.5 Å². The van der Waals surface area contributed by atoms with E-state index in [9.17, 15) is 9.59 Å². The Bertz CT molecular complexity index is 1090. The van der Waals surface area contributed by atoms with E-state index in [0.29, 0.717) is 25.5 Å². The van der Waals surface area contributed by atoms with Crippen LogP contribution in [0.3, 0.4) is 0 Å². The molecule has 7 heteroatoms. The van der Waals surface area contributed by atoms with Crippen LogP contribution in [0.1, 0.15) is 30.5 Å². The Hall–Kier alpha value is -3.19. The van der Waals surface area contributed by atoms with Gasteiger partial charge < -0.3 is 14.0 Å². The van der Waals surface area contributed by atoms with Crippen molar-refractivity contribution in [1.82, 2.24) is 9.55 Å². The summed E-state index contributed by atoms with van der Waals surface area (Å²) in [5.41, 5.74) is 3.64. The van der Waals surface area contributed by atoms with Crippen molar-refractivity contribution < 1.29 is 19.1 Å². The molecule has 0 saturated heterocycles. The number of hydrogen-bond acceptors (Lipinski definition) is 5. The number of methoxy groups -OCH3 is 1. The topological polar surface area (TPSA) is 73.7 Å². The van der Waals surface area contributed by atoms with Crippen molar-refractivity contribution in [3.8, 4) is 0 Å². The summed E-state index contributed by atoms with van der Waals surface area (Å²) in [6.45, 7) is 4.89. The minimum Gasteiger partial charge on any atom is -0.465 e. The van der Waals surface area contributed by atoms with Crippen molar-refractivity contribution in [2.75, 3.05) is 31.8 Å². The number of carbonyl (C=O) groups excluding carboxylic acids is 2. The van der Waals surface area contributed by atoms with E-state index in [4.69, 9.17) is 14.5 Å². The van der Waals surface area contributed by atoms with Gasteiger partial charge in [-0.1, -0.05) is 42.0 Å². The van der Waals surface area contributed by atoms with E-state index in [1.807, 2.05) is 60.0 Å². The lowest BCUT2D eigenvalue weighted by Crippen LogP contribution is -2.50. The van der Waals surface area contributed by atoms with Crippen molar-refractivity contribution in [2.24, 2.45) is 5.92 Å². The number of aryl methyl sites for hydroxylation is 1. The van der Waals surface area contributed by atoms with Gasteiger partial charge in [0.25, 0.3) is 0 Å². The number of benzene rings is 2. The van der Waals surface area contributed by atoms with Crippen LogP contribution in [0.25, 0.3) is 11.0 Å². The number of ether oxygens (including phenoxy) is 2. The third-order valence-corrected chi connectivity index (χ3v) is 5.63. The summed E-state index contributed by atoms with van der Waals surface area (Å²) in [5.74, 6) is -1.25. The first kappa shape index (κ1) is 21.1. The summed E-state index contributed by atoms with van der Waals surface area (Å²) in [6, 6.07) is 15.1. The third kappa shape index (κ3) is 3.81. The van der Waals surface area contributed by atoms with Crippen LogP contribution in [0.5, 0.6) is 0 Å². The summed E-state index contributed by atoms with van der Waals surface area (Å²) in [5, 5.41) is 0. The van der Waals surface area contributed by atoms with E-state index in [-0.39, 0.29) is 12.5 Å². The van der Waals surface area contributed by atoms with Gasteiger partial charge in [-0.3, -0.25) is 14.5 Å². The van der Waals surface area contributed by atoms with Gasteiger partial charge in [0.1, 0.15) is 0 Å². The van der Waals surface area contributed by atoms with Gasteiger partial charge in [0, 0.05) is 20.3 Å². The molecule has 2 atom stereocenters. The average molecular weight is 421 g/mol. The normalized spacial score (nSPS) is 18.3. The first-order valence-corrected chi connectivity index (χ1v) is 10.6. The van der Waals surface area contributed by atoms with E-state index in [0.717, 1.165) is 22.2 Å². The standard InChI is InChI=1S/C24H27N3O4/c1-4-31-23(29)20-21(17-12-10-16(2)11-13-17)27-19-9-6-5-8-18(19)25-24(27)26(22(20)28)14-7-15-30-3/h5-6,8-13,20-21H,4,7,14-15H2,1-3H3/t20-,21+/m0/s1. The van der Waals surface area contributed by atoms with E-state index in [1.54, 1.807) is 18.9 Å². The number of carbonyl (C=O) groups is 2. The molecular weight excluding hydrogens is 394 g/mol. The van der Waals surface area contributed by atoms with Crippen LogP contribution in [0.4, 0.5) is 5.95 Å². The average Bonchev–Trinajstić information content (AvgIpc) is 3.15. The number of rotatable bonds is 7. The molecule has 7 nitrogen and oxygen atoms in total. The zero-order valence-electron chi connectivity index (χ0n) is 18.1. The van der Waals surface area contributed by atoms with E-state index < -0.39 is 17.9 Å². The predicted molar refractivity (Wildman–Crippen MR) is 118 cm³/mol. The molecule has 1 aromatic heterocycles. The third-order valence-electron chi connectivity index (χ3n) is 5.63. The summed E-state index contributed by atoms with van der Waals surface area (Å²) >= 11 is 0. The monoisotopic (exact) mass is 421 g/mol. The molecule has 0 bridgehead atoms. The van der Waals surface area contributed by atoms with Crippen molar-refractivity contribution in [3.05, 3.63) is 59.7 Å². The van der Waals surface area contributed by atoms with Gasteiger partial charge in [0.15, 0.2) is 5.92 Å². The second-order valence-corrected chi connectivity index (χ2v) is 7.69. The lowest BCUT2D eigenvalue weighted by molar-refractivity contribution is -0.153. The first-order valence-electron chi connectivity index (χ1n) is 10.6. The maximum Gasteiger partial charge on any atom is 0.321 e. The highest BCUT2D eigenvalue weighted by molar-refractivity contribution is 6.08. The van der Waals surface area contributed by atoms with Gasteiger partial charge in [-0.05, 0) is 38.0 Å². The fraction of sp³-hybridized carbons (Fsp3) is 0.375. The molecule has 0 N–H and O–H groups in total. The summed E-state index contributed by atoms with van der Waals surface area (Å²) in [4.78, 5) is 33.1. The van der Waals surface area contributed by atoms with Gasteiger partial charge in [0.2, 0.25) is 11.9 Å². The number of hydrogen-bond donors (Lipinski definition) is 0. The highest BCUT2D eigenvalue weighted by atomic mass is 16.5. The summed E-state index contributed by atoms with van der Waals surface area (Å²) in [7, 11) is 1.63.